The molecule has 0 fully saturated rings. The van der Waals surface area contributed by atoms with Crippen LogP contribution in [0.5, 0.6) is 0 Å². The molecule has 0 heterocycles. The van der Waals surface area contributed by atoms with Crippen LogP contribution < -0.4 is 0 Å². The minimum atomic E-state index is 0. The van der Waals surface area contributed by atoms with E-state index in [1.54, 1.807) is 0 Å². The Balaban J connectivity index is 0.00000648. The number of hydrogen-bond donors (Lipinski definition) is 0. The average Bonchev–Trinajstić information content (AvgIpc) is 2.84. The summed E-state index contributed by atoms with van der Waals surface area (Å²) in [6.07, 6.45) is 18.2. The first kappa shape index (κ1) is 32.0. The Bertz CT molecular complexity index is 1000. The SMILES string of the molecule is CCCCCCCCCC=CC(=Nc1ccc(C)c(C)c1)C(CCCC)=Nc1ccc(C)c(C)c1.[Ni]. The van der Waals surface area contributed by atoms with E-state index in [4.69, 9.17) is 9.98 Å². The van der Waals surface area contributed by atoms with Crippen molar-refractivity contribution in [2.45, 2.75) is 112 Å². The van der Waals surface area contributed by atoms with E-state index in [9.17, 15) is 0 Å². The fourth-order valence-corrected chi connectivity index (χ4v) is 4.08. The molecule has 2 rings (SSSR count). The van der Waals surface area contributed by atoms with Gasteiger partial charge < -0.3 is 0 Å². The monoisotopic (exact) mass is 530 g/mol. The Morgan fingerprint density at radius 1 is 0.639 bits per heavy atom. The van der Waals surface area contributed by atoms with Gasteiger partial charge in [0.05, 0.1) is 22.8 Å². The van der Waals surface area contributed by atoms with Crippen molar-refractivity contribution < 1.29 is 16.5 Å². The van der Waals surface area contributed by atoms with E-state index >= 15 is 0 Å². The van der Waals surface area contributed by atoms with E-state index in [2.05, 4.69) is 90.1 Å². The number of hydrogen-bond acceptors (Lipinski definition) is 2. The Labute approximate surface area is 231 Å². The molecule has 0 saturated heterocycles. The van der Waals surface area contributed by atoms with Crippen LogP contribution in [0.25, 0.3) is 0 Å². The molecule has 0 radical (unpaired) electrons. The zero-order chi connectivity index (χ0) is 25.5. The van der Waals surface area contributed by atoms with Crippen molar-refractivity contribution in [3.8, 4) is 0 Å². The molecule has 0 aliphatic heterocycles. The van der Waals surface area contributed by atoms with E-state index in [1.807, 2.05) is 0 Å². The number of aryl methyl sites for hydroxylation is 4. The molecule has 0 aromatic heterocycles. The molecule has 3 heteroatoms. The zero-order valence-corrected chi connectivity index (χ0v) is 24.6. The van der Waals surface area contributed by atoms with Gasteiger partial charge in [0.1, 0.15) is 0 Å². The summed E-state index contributed by atoms with van der Waals surface area (Å²) in [4.78, 5) is 10.2. The van der Waals surface area contributed by atoms with Crippen LogP contribution in [-0.4, -0.2) is 11.4 Å². The number of nitrogens with zero attached hydrogens (tertiary/aromatic N) is 2. The molecule has 0 aliphatic rings. The second-order valence-electron chi connectivity index (χ2n) is 10.0. The van der Waals surface area contributed by atoms with Gasteiger partial charge >= 0.3 is 0 Å². The van der Waals surface area contributed by atoms with Crippen LogP contribution in [0.4, 0.5) is 11.4 Å². The summed E-state index contributed by atoms with van der Waals surface area (Å²) in [5.41, 5.74) is 9.28. The van der Waals surface area contributed by atoms with E-state index in [1.165, 1.54) is 67.2 Å². The molecule has 0 amide bonds. The molecular formula is C33H48N2Ni. The van der Waals surface area contributed by atoms with Crippen LogP contribution in [-0.2, 0) is 16.5 Å². The minimum absolute atomic E-state index is 0. The van der Waals surface area contributed by atoms with Crippen LogP contribution in [0.15, 0.2) is 58.5 Å². The van der Waals surface area contributed by atoms with Gasteiger partial charge in [-0.15, -0.1) is 0 Å². The maximum atomic E-state index is 5.13. The number of rotatable bonds is 15. The Hall–Kier alpha value is -1.99. The van der Waals surface area contributed by atoms with E-state index < -0.39 is 0 Å². The van der Waals surface area contributed by atoms with Crippen LogP contribution in [0.2, 0.25) is 0 Å². The number of unbranched alkanes of at least 4 members (excludes halogenated alkanes) is 8. The summed E-state index contributed by atoms with van der Waals surface area (Å²) in [7, 11) is 0. The normalized spacial score (nSPS) is 12.3. The van der Waals surface area contributed by atoms with E-state index in [0.29, 0.717) is 0 Å². The molecule has 0 saturated carbocycles. The second kappa shape index (κ2) is 18.3. The van der Waals surface area contributed by atoms with Gasteiger partial charge in [0.15, 0.2) is 0 Å². The predicted octanol–water partition coefficient (Wildman–Crippen LogP) is 10.7. The van der Waals surface area contributed by atoms with Crippen molar-refractivity contribution in [2.75, 3.05) is 0 Å². The molecular weight excluding hydrogens is 483 g/mol. The summed E-state index contributed by atoms with van der Waals surface area (Å²) >= 11 is 0. The maximum Gasteiger partial charge on any atom is 0.0848 e. The summed E-state index contributed by atoms with van der Waals surface area (Å²) in [5, 5.41) is 0. The molecule has 200 valence electrons. The second-order valence-corrected chi connectivity index (χ2v) is 10.0. The molecule has 2 aromatic carbocycles. The molecule has 0 aliphatic carbocycles. The van der Waals surface area contributed by atoms with Crippen molar-refractivity contribution in [2.24, 2.45) is 9.98 Å². The summed E-state index contributed by atoms with van der Waals surface area (Å²) in [6, 6.07) is 13.0. The van der Waals surface area contributed by atoms with Crippen molar-refractivity contribution in [1.82, 2.24) is 0 Å². The van der Waals surface area contributed by atoms with Gasteiger partial charge in [0.25, 0.3) is 0 Å². The average molecular weight is 531 g/mol. The molecule has 0 atom stereocenters. The fourth-order valence-electron chi connectivity index (χ4n) is 4.08. The molecule has 0 bridgehead atoms. The minimum Gasteiger partial charge on any atom is -0.251 e. The molecule has 0 unspecified atom stereocenters. The number of allylic oxidation sites excluding steroid dienone is 2. The Morgan fingerprint density at radius 2 is 1.17 bits per heavy atom. The van der Waals surface area contributed by atoms with Gasteiger partial charge in [0, 0.05) is 16.5 Å². The quantitative estimate of drug-likeness (QED) is 0.124. The Kier molecular flexibility index (Phi) is 16.3. The van der Waals surface area contributed by atoms with E-state index in [-0.39, 0.29) is 16.5 Å². The van der Waals surface area contributed by atoms with Crippen molar-refractivity contribution in [3.63, 3.8) is 0 Å². The van der Waals surface area contributed by atoms with Crippen molar-refractivity contribution in [1.29, 1.82) is 0 Å². The predicted molar refractivity (Wildman–Crippen MR) is 157 cm³/mol. The number of benzene rings is 2. The van der Waals surface area contributed by atoms with Crippen LogP contribution in [0.1, 0.15) is 107 Å². The van der Waals surface area contributed by atoms with Gasteiger partial charge in [-0.1, -0.05) is 77.0 Å². The van der Waals surface area contributed by atoms with E-state index in [0.717, 1.165) is 48.5 Å². The van der Waals surface area contributed by atoms with Crippen LogP contribution in [0, 0.1) is 27.7 Å². The zero-order valence-electron chi connectivity index (χ0n) is 23.6. The van der Waals surface area contributed by atoms with Crippen molar-refractivity contribution in [3.05, 3.63) is 70.8 Å². The third-order valence-corrected chi connectivity index (χ3v) is 6.81. The molecule has 2 nitrogen and oxygen atoms in total. The molecule has 0 N–H and O–H groups in total. The smallest absolute Gasteiger partial charge is 0.0848 e. The largest absolute Gasteiger partial charge is 0.251 e. The van der Waals surface area contributed by atoms with Crippen molar-refractivity contribution >= 4 is 22.8 Å². The molecule has 2 aromatic rings. The topological polar surface area (TPSA) is 24.7 Å². The third kappa shape index (κ3) is 11.8. The van der Waals surface area contributed by atoms with Gasteiger partial charge in [-0.05, 0) is 106 Å². The first-order valence-corrected chi connectivity index (χ1v) is 13.9. The van der Waals surface area contributed by atoms with Gasteiger partial charge in [-0.2, -0.15) is 0 Å². The first-order valence-electron chi connectivity index (χ1n) is 13.9. The first-order chi connectivity index (χ1) is 16.9. The van der Waals surface area contributed by atoms with Gasteiger partial charge in [0.2, 0.25) is 0 Å². The van der Waals surface area contributed by atoms with Gasteiger partial charge in [-0.25, -0.2) is 4.99 Å². The van der Waals surface area contributed by atoms with Gasteiger partial charge in [-0.3, -0.25) is 4.99 Å². The number of aliphatic imine (C=N–C) groups is 2. The summed E-state index contributed by atoms with van der Waals surface area (Å²) in [5.74, 6) is 0. The Morgan fingerprint density at radius 3 is 1.72 bits per heavy atom. The van der Waals surface area contributed by atoms with Crippen LogP contribution in [0.3, 0.4) is 0 Å². The van der Waals surface area contributed by atoms with Crippen LogP contribution >= 0.6 is 0 Å². The standard InChI is InChI=1S/C33H48N2.Ni/c1-7-9-11-12-13-14-15-16-17-19-33(35-31-23-21-27(4)29(6)25-31)32(18-10-8-2)34-30-22-20-26(3)28(5)24-30;/h17,19-25H,7-16,18H2,1-6H3;. The third-order valence-electron chi connectivity index (χ3n) is 6.81. The fraction of sp³-hybridized carbons (Fsp3) is 0.515. The maximum absolute atomic E-state index is 5.13. The molecule has 36 heavy (non-hydrogen) atoms. The summed E-state index contributed by atoms with van der Waals surface area (Å²) in [6.45, 7) is 13.1. The summed E-state index contributed by atoms with van der Waals surface area (Å²) < 4.78 is 0. The molecule has 0 spiro atoms.